The van der Waals surface area contributed by atoms with Crippen molar-refractivity contribution < 1.29 is 33.4 Å². The number of nitrogens with zero attached hydrogens (tertiary/aromatic N) is 1. The van der Waals surface area contributed by atoms with E-state index >= 15 is 0 Å². The molecule has 2 aliphatic heterocycles. The number of para-hydroxylation sites is 1. The predicted molar refractivity (Wildman–Crippen MR) is 173 cm³/mol. The average Bonchev–Trinajstić information content (AvgIpc) is 3.08. The van der Waals surface area contributed by atoms with Crippen LogP contribution in [0, 0.1) is 0 Å². The lowest BCUT2D eigenvalue weighted by molar-refractivity contribution is -0.154. The zero-order valence-electron chi connectivity index (χ0n) is 24.1. The molecule has 3 aromatic carbocycles. The molecule has 1 fully saturated rings. The summed E-state index contributed by atoms with van der Waals surface area (Å²) in [5.74, 6) is -1.31. The minimum absolute atomic E-state index is 0.0672. The third kappa shape index (κ3) is 7.86. The zero-order valence-corrected chi connectivity index (χ0v) is 25.7. The number of carbonyl (C=O) groups is 4. The Morgan fingerprint density at radius 3 is 2.22 bits per heavy atom. The number of thioether (sulfide) groups is 2. The van der Waals surface area contributed by atoms with Crippen LogP contribution in [0.15, 0.2) is 126 Å². The van der Waals surface area contributed by atoms with Crippen molar-refractivity contribution in [2.75, 3.05) is 19.0 Å². The summed E-state index contributed by atoms with van der Waals surface area (Å²) in [5.41, 5.74) is 1.59. The van der Waals surface area contributed by atoms with Crippen molar-refractivity contribution in [3.8, 4) is 5.75 Å². The Morgan fingerprint density at radius 2 is 1.60 bits per heavy atom. The van der Waals surface area contributed by atoms with E-state index in [2.05, 4.69) is 11.9 Å². The van der Waals surface area contributed by atoms with E-state index in [0.29, 0.717) is 16.4 Å². The minimum Gasteiger partial charge on any atom is -0.484 e. The third-order valence-electron chi connectivity index (χ3n) is 6.74. The number of ether oxygens (including phenoxy) is 3. The van der Waals surface area contributed by atoms with Crippen molar-refractivity contribution in [3.05, 3.63) is 137 Å². The monoisotopic (exact) mass is 642 g/mol. The lowest BCUT2D eigenvalue weighted by atomic mass is 10.0. The molecule has 0 aliphatic carbocycles. The molecule has 0 bridgehead atoms. The number of esters is 2. The Hall–Kier alpha value is -4.74. The first kappa shape index (κ1) is 31.7. The Morgan fingerprint density at radius 1 is 0.978 bits per heavy atom. The van der Waals surface area contributed by atoms with Crippen LogP contribution in [0.5, 0.6) is 5.75 Å². The van der Waals surface area contributed by atoms with Gasteiger partial charge in [0, 0.05) is 16.7 Å². The lowest BCUT2D eigenvalue weighted by Gasteiger charge is -2.49. The highest BCUT2D eigenvalue weighted by Crippen LogP contribution is 2.44. The van der Waals surface area contributed by atoms with Crippen molar-refractivity contribution in [2.45, 2.75) is 17.5 Å². The van der Waals surface area contributed by atoms with Crippen LogP contribution in [0.1, 0.15) is 17.2 Å². The van der Waals surface area contributed by atoms with Gasteiger partial charge in [0.15, 0.2) is 12.7 Å². The molecule has 5 rings (SSSR count). The number of hydrogen-bond acceptors (Lipinski definition) is 9. The van der Waals surface area contributed by atoms with Crippen LogP contribution in [0.2, 0.25) is 0 Å². The maximum Gasteiger partial charge on any atom is 0.356 e. The van der Waals surface area contributed by atoms with Gasteiger partial charge in [-0.25, -0.2) is 9.59 Å². The Labute approximate surface area is 269 Å². The quantitative estimate of drug-likeness (QED) is 0.119. The van der Waals surface area contributed by atoms with Gasteiger partial charge in [-0.2, -0.15) is 0 Å². The fourth-order valence-electron chi connectivity index (χ4n) is 4.66. The molecule has 1 N–H and O–H groups in total. The number of hydrogen-bond donors (Lipinski definition) is 1. The van der Waals surface area contributed by atoms with E-state index < -0.39 is 41.3 Å². The van der Waals surface area contributed by atoms with Gasteiger partial charge in [0.1, 0.15) is 29.5 Å². The number of β-lactam (4-membered cyclic amide) rings is 1. The van der Waals surface area contributed by atoms with Gasteiger partial charge in [-0.1, -0.05) is 103 Å². The molecule has 0 saturated carbocycles. The smallest absolute Gasteiger partial charge is 0.356 e. The highest BCUT2D eigenvalue weighted by Gasteiger charge is 2.54. The largest absolute Gasteiger partial charge is 0.484 e. The van der Waals surface area contributed by atoms with Crippen molar-refractivity contribution in [1.82, 2.24) is 10.2 Å². The van der Waals surface area contributed by atoms with Gasteiger partial charge < -0.3 is 19.5 Å². The van der Waals surface area contributed by atoms with Crippen molar-refractivity contribution in [1.29, 1.82) is 0 Å². The summed E-state index contributed by atoms with van der Waals surface area (Å²) in [7, 11) is 0. The molecule has 0 aromatic heterocycles. The highest BCUT2D eigenvalue weighted by atomic mass is 32.2. The Bertz CT molecular complexity index is 1560. The molecular weight excluding hydrogens is 613 g/mol. The molecule has 0 unspecified atom stereocenters. The number of rotatable bonds is 13. The SMILES string of the molecule is C=CCOC(=O)/C=C\SC1=C(C(=O)OC(c2ccccc2)c2ccccc2)N2C(=O)[C@@H](NC(=O)COc3ccccc3)[C@H]2SC1. The summed E-state index contributed by atoms with van der Waals surface area (Å²) in [6, 6.07) is 26.7. The van der Waals surface area contributed by atoms with E-state index in [4.69, 9.17) is 14.2 Å². The van der Waals surface area contributed by atoms with Crippen LogP contribution in [-0.2, 0) is 28.7 Å². The molecule has 0 spiro atoms. The molecule has 1 saturated heterocycles. The molecule has 3 aromatic rings. The van der Waals surface area contributed by atoms with Gasteiger partial charge in [0.2, 0.25) is 0 Å². The van der Waals surface area contributed by atoms with Gasteiger partial charge in [0.05, 0.1) is 0 Å². The van der Waals surface area contributed by atoms with Crippen LogP contribution in [0.3, 0.4) is 0 Å². The van der Waals surface area contributed by atoms with E-state index in [-0.39, 0.29) is 18.9 Å². The van der Waals surface area contributed by atoms with Crippen molar-refractivity contribution >= 4 is 47.3 Å². The molecule has 2 amide bonds. The van der Waals surface area contributed by atoms with Crippen molar-refractivity contribution in [3.63, 3.8) is 0 Å². The Balaban J connectivity index is 1.37. The van der Waals surface area contributed by atoms with E-state index in [0.717, 1.165) is 22.9 Å². The van der Waals surface area contributed by atoms with Gasteiger partial charge in [0.25, 0.3) is 11.8 Å². The number of fused-ring (bicyclic) bond motifs is 1. The fourth-order valence-corrected chi connectivity index (χ4v) is 6.97. The number of amides is 2. The molecule has 230 valence electrons. The van der Waals surface area contributed by atoms with Gasteiger partial charge >= 0.3 is 11.9 Å². The second-order valence-electron chi connectivity index (χ2n) is 9.77. The second-order valence-corrected chi connectivity index (χ2v) is 11.9. The van der Waals surface area contributed by atoms with Crippen LogP contribution >= 0.6 is 23.5 Å². The molecule has 2 heterocycles. The van der Waals surface area contributed by atoms with Crippen LogP contribution < -0.4 is 10.1 Å². The predicted octanol–water partition coefficient (Wildman–Crippen LogP) is 4.99. The molecular formula is C34H30N2O7S2. The first-order chi connectivity index (χ1) is 22.0. The number of carbonyl (C=O) groups excluding carboxylic acids is 4. The number of nitrogens with one attached hydrogen (secondary N) is 1. The van der Waals surface area contributed by atoms with Gasteiger partial charge in [-0.3, -0.25) is 14.5 Å². The molecule has 2 atom stereocenters. The summed E-state index contributed by atoms with van der Waals surface area (Å²) in [6.45, 7) is 3.32. The number of benzene rings is 3. The summed E-state index contributed by atoms with van der Waals surface area (Å²) in [6.07, 6.45) is 1.96. The highest BCUT2D eigenvalue weighted by molar-refractivity contribution is 8.08. The second kappa shape index (κ2) is 15.3. The maximum absolute atomic E-state index is 14.0. The topological polar surface area (TPSA) is 111 Å². The van der Waals surface area contributed by atoms with Crippen LogP contribution in [-0.4, -0.2) is 59.0 Å². The lowest BCUT2D eigenvalue weighted by Crippen LogP contribution is -2.70. The first-order valence-electron chi connectivity index (χ1n) is 14.0. The molecule has 0 radical (unpaired) electrons. The average molecular weight is 643 g/mol. The van der Waals surface area contributed by atoms with E-state index in [1.807, 2.05) is 66.7 Å². The van der Waals surface area contributed by atoms with Gasteiger partial charge in [-0.05, 0) is 28.7 Å². The van der Waals surface area contributed by atoms with Crippen LogP contribution in [0.4, 0.5) is 0 Å². The van der Waals surface area contributed by atoms with Crippen LogP contribution in [0.25, 0.3) is 0 Å². The summed E-state index contributed by atoms with van der Waals surface area (Å²) < 4.78 is 16.6. The van der Waals surface area contributed by atoms with E-state index in [1.165, 1.54) is 34.2 Å². The molecule has 11 heteroatoms. The summed E-state index contributed by atoms with van der Waals surface area (Å²) >= 11 is 2.52. The Kier molecular flexibility index (Phi) is 10.8. The standard InChI is InChI=1S/C34H30N2O7S2/c1-2-19-41-28(38)18-20-44-26-22-45-33-29(35-27(37)21-42-25-16-10-5-11-17-25)32(39)36(33)30(26)34(40)43-31(23-12-6-3-7-13-23)24-14-8-4-9-15-24/h2-18,20,29,31,33H,1,19,21-22H2,(H,35,37)/b20-18-/t29-,33-/m1/s1. The van der Waals surface area contributed by atoms with Crippen molar-refractivity contribution in [2.24, 2.45) is 0 Å². The molecule has 45 heavy (non-hydrogen) atoms. The maximum atomic E-state index is 14.0. The third-order valence-corrected chi connectivity index (χ3v) is 9.10. The normalized spacial score (nSPS) is 17.4. The summed E-state index contributed by atoms with van der Waals surface area (Å²) in [5, 5.41) is 3.72. The molecule has 9 nitrogen and oxygen atoms in total. The first-order valence-corrected chi connectivity index (χ1v) is 16.0. The van der Waals surface area contributed by atoms with E-state index in [1.54, 1.807) is 24.3 Å². The van der Waals surface area contributed by atoms with Gasteiger partial charge in [-0.15, -0.1) is 11.8 Å². The zero-order chi connectivity index (χ0) is 31.6. The van der Waals surface area contributed by atoms with E-state index in [9.17, 15) is 19.2 Å². The summed E-state index contributed by atoms with van der Waals surface area (Å²) in [4.78, 5) is 54.0. The molecule has 2 aliphatic rings. The fraction of sp³-hybridized carbons (Fsp3) is 0.176. The minimum atomic E-state index is -0.848.